The van der Waals surface area contributed by atoms with Gasteiger partial charge in [-0.2, -0.15) is 0 Å². The van der Waals surface area contributed by atoms with Crippen molar-refractivity contribution in [3.8, 4) is 11.4 Å². The van der Waals surface area contributed by atoms with Crippen LogP contribution in [-0.4, -0.2) is 16.7 Å². The number of aromatic nitrogens is 2. The number of benzene rings is 2. The number of hydrogen-bond acceptors (Lipinski definition) is 3. The Morgan fingerprint density at radius 1 is 1.24 bits per heavy atom. The molecular formula is C15H11BrN2O2S. The van der Waals surface area contributed by atoms with E-state index in [0.717, 1.165) is 9.99 Å². The van der Waals surface area contributed by atoms with Gasteiger partial charge in [-0.25, -0.2) is 0 Å². The monoisotopic (exact) mass is 362 g/mol. The van der Waals surface area contributed by atoms with E-state index in [4.69, 9.17) is 17.0 Å². The first-order valence-corrected chi connectivity index (χ1v) is 7.39. The lowest BCUT2D eigenvalue weighted by molar-refractivity contribution is 0.414. The molecule has 0 fully saturated rings. The summed E-state index contributed by atoms with van der Waals surface area (Å²) in [5.41, 5.74) is 1.22. The van der Waals surface area contributed by atoms with E-state index >= 15 is 0 Å². The highest BCUT2D eigenvalue weighted by Crippen LogP contribution is 2.23. The Morgan fingerprint density at radius 3 is 2.76 bits per heavy atom. The normalized spacial score (nSPS) is 10.8. The summed E-state index contributed by atoms with van der Waals surface area (Å²) in [7, 11) is 1.58. The molecule has 21 heavy (non-hydrogen) atoms. The first-order valence-electron chi connectivity index (χ1n) is 6.19. The third kappa shape index (κ3) is 2.52. The van der Waals surface area contributed by atoms with Crippen molar-refractivity contribution in [1.82, 2.24) is 9.55 Å². The summed E-state index contributed by atoms with van der Waals surface area (Å²) in [6.45, 7) is 0. The van der Waals surface area contributed by atoms with Gasteiger partial charge >= 0.3 is 0 Å². The van der Waals surface area contributed by atoms with Crippen LogP contribution in [0.3, 0.4) is 0 Å². The van der Waals surface area contributed by atoms with Crippen LogP contribution in [0.2, 0.25) is 0 Å². The van der Waals surface area contributed by atoms with Crippen molar-refractivity contribution in [2.45, 2.75) is 0 Å². The van der Waals surface area contributed by atoms with Crippen LogP contribution in [0.4, 0.5) is 0 Å². The molecule has 0 spiro atoms. The molecule has 0 aliphatic carbocycles. The maximum Gasteiger partial charge on any atom is 0.266 e. The number of aromatic amines is 1. The quantitative estimate of drug-likeness (QED) is 0.705. The number of nitrogens with zero attached hydrogens (tertiary/aromatic N) is 1. The molecule has 0 saturated carbocycles. The molecule has 0 saturated heterocycles. The zero-order valence-electron chi connectivity index (χ0n) is 11.1. The number of fused-ring (bicyclic) bond motifs is 1. The molecule has 106 valence electrons. The van der Waals surface area contributed by atoms with Gasteiger partial charge in [-0.3, -0.25) is 9.36 Å². The average molecular weight is 363 g/mol. The Labute approximate surface area is 134 Å². The molecule has 0 aliphatic heterocycles. The molecule has 1 heterocycles. The van der Waals surface area contributed by atoms with Crippen LogP contribution in [-0.2, 0) is 0 Å². The van der Waals surface area contributed by atoms with Crippen LogP contribution < -0.4 is 10.3 Å². The van der Waals surface area contributed by atoms with Gasteiger partial charge in [0.1, 0.15) is 5.75 Å². The highest BCUT2D eigenvalue weighted by Gasteiger charge is 2.09. The van der Waals surface area contributed by atoms with Crippen molar-refractivity contribution in [2.24, 2.45) is 0 Å². The zero-order chi connectivity index (χ0) is 15.0. The lowest BCUT2D eigenvalue weighted by Crippen LogP contribution is -2.20. The summed E-state index contributed by atoms with van der Waals surface area (Å²) in [5, 5.41) is 0.588. The molecule has 1 aromatic heterocycles. The van der Waals surface area contributed by atoms with Gasteiger partial charge in [0.15, 0.2) is 4.77 Å². The molecule has 0 atom stereocenters. The van der Waals surface area contributed by atoms with Crippen molar-refractivity contribution >= 4 is 39.1 Å². The fraction of sp³-hybridized carbons (Fsp3) is 0.0667. The van der Waals surface area contributed by atoms with Crippen molar-refractivity contribution in [1.29, 1.82) is 0 Å². The standard InChI is InChI=1S/C15H11BrN2O2S/c1-20-11-7-9(16)6-10(8-11)18-14(19)12-4-2-3-5-13(12)17-15(18)21/h2-8H,1H3,(H,17,21). The van der Waals surface area contributed by atoms with Crippen LogP contribution in [0.15, 0.2) is 51.7 Å². The lowest BCUT2D eigenvalue weighted by Gasteiger charge is -2.10. The number of hydrogen-bond donors (Lipinski definition) is 1. The van der Waals surface area contributed by atoms with Crippen LogP contribution in [0.1, 0.15) is 0 Å². The number of nitrogens with one attached hydrogen (secondary N) is 1. The Balaban J connectivity index is 2.38. The minimum atomic E-state index is -0.158. The van der Waals surface area contributed by atoms with Crippen LogP contribution in [0.5, 0.6) is 5.75 Å². The number of halogens is 1. The molecule has 0 aliphatic rings. The van der Waals surface area contributed by atoms with Crippen molar-refractivity contribution in [3.05, 3.63) is 62.1 Å². The van der Waals surface area contributed by atoms with E-state index in [1.165, 1.54) is 4.57 Å². The SMILES string of the molecule is COc1cc(Br)cc(-n2c(=S)[nH]c3ccccc3c2=O)c1. The van der Waals surface area contributed by atoms with Gasteiger partial charge in [-0.15, -0.1) is 0 Å². The topological polar surface area (TPSA) is 47.0 Å². The Bertz CT molecular complexity index is 946. The Kier molecular flexibility index (Phi) is 3.65. The van der Waals surface area contributed by atoms with Crippen LogP contribution in [0, 0.1) is 4.77 Å². The number of ether oxygens (including phenoxy) is 1. The summed E-state index contributed by atoms with van der Waals surface area (Å²) < 4.78 is 7.86. The molecule has 0 unspecified atom stereocenters. The van der Waals surface area contributed by atoms with E-state index in [1.54, 1.807) is 19.2 Å². The summed E-state index contributed by atoms with van der Waals surface area (Å²) in [5.74, 6) is 0.647. The predicted molar refractivity (Wildman–Crippen MR) is 89.0 cm³/mol. The van der Waals surface area contributed by atoms with Crippen LogP contribution in [0.25, 0.3) is 16.6 Å². The van der Waals surface area contributed by atoms with Gasteiger partial charge in [0.2, 0.25) is 0 Å². The first-order chi connectivity index (χ1) is 10.1. The second kappa shape index (κ2) is 5.46. The van der Waals surface area contributed by atoms with Gasteiger partial charge in [0.05, 0.1) is 23.7 Å². The minimum Gasteiger partial charge on any atom is -0.497 e. The summed E-state index contributed by atoms with van der Waals surface area (Å²) in [4.78, 5) is 15.8. The highest BCUT2D eigenvalue weighted by atomic mass is 79.9. The van der Waals surface area contributed by atoms with Gasteiger partial charge in [-0.05, 0) is 36.5 Å². The molecular weight excluding hydrogens is 352 g/mol. The molecule has 0 amide bonds. The predicted octanol–water partition coefficient (Wildman–Crippen LogP) is 3.82. The van der Waals surface area contributed by atoms with E-state index < -0.39 is 0 Å². The molecule has 1 N–H and O–H groups in total. The summed E-state index contributed by atoms with van der Waals surface area (Å²) >= 11 is 8.73. The molecule has 6 heteroatoms. The Morgan fingerprint density at radius 2 is 2.00 bits per heavy atom. The number of para-hydroxylation sites is 1. The molecule has 3 aromatic rings. The summed E-state index contributed by atoms with van der Waals surface area (Å²) in [6, 6.07) is 12.7. The second-order valence-corrected chi connectivity index (χ2v) is 5.77. The lowest BCUT2D eigenvalue weighted by atomic mass is 10.2. The number of rotatable bonds is 2. The maximum atomic E-state index is 12.7. The van der Waals surface area contributed by atoms with E-state index in [2.05, 4.69) is 20.9 Å². The second-order valence-electron chi connectivity index (χ2n) is 4.47. The van der Waals surface area contributed by atoms with Crippen molar-refractivity contribution in [3.63, 3.8) is 0 Å². The van der Waals surface area contributed by atoms with E-state index in [9.17, 15) is 4.79 Å². The average Bonchev–Trinajstić information content (AvgIpc) is 2.46. The summed E-state index contributed by atoms with van der Waals surface area (Å²) in [6.07, 6.45) is 0. The zero-order valence-corrected chi connectivity index (χ0v) is 13.5. The van der Waals surface area contributed by atoms with Crippen molar-refractivity contribution in [2.75, 3.05) is 7.11 Å². The number of H-pyrrole nitrogens is 1. The maximum absolute atomic E-state index is 12.7. The third-order valence-corrected chi connectivity index (χ3v) is 3.90. The molecule has 2 aromatic carbocycles. The van der Waals surface area contributed by atoms with Crippen LogP contribution >= 0.6 is 28.1 Å². The third-order valence-electron chi connectivity index (χ3n) is 3.16. The molecule has 3 rings (SSSR count). The van der Waals surface area contributed by atoms with E-state index in [-0.39, 0.29) is 5.56 Å². The molecule has 4 nitrogen and oxygen atoms in total. The van der Waals surface area contributed by atoms with Gasteiger partial charge in [0.25, 0.3) is 5.56 Å². The molecule has 0 radical (unpaired) electrons. The smallest absolute Gasteiger partial charge is 0.266 e. The fourth-order valence-electron chi connectivity index (χ4n) is 2.19. The Hall–Kier alpha value is -1.92. The van der Waals surface area contributed by atoms with Crippen molar-refractivity contribution < 1.29 is 4.74 Å². The van der Waals surface area contributed by atoms with E-state index in [0.29, 0.717) is 21.6 Å². The minimum absolute atomic E-state index is 0.158. The number of methoxy groups -OCH3 is 1. The van der Waals surface area contributed by atoms with Gasteiger partial charge in [0, 0.05) is 10.5 Å². The van der Waals surface area contributed by atoms with E-state index in [1.807, 2.05) is 30.3 Å². The first kappa shape index (κ1) is 14.0. The molecule has 0 bridgehead atoms. The fourth-order valence-corrected chi connectivity index (χ4v) is 2.95. The van der Waals surface area contributed by atoms with Gasteiger partial charge in [-0.1, -0.05) is 28.1 Å². The van der Waals surface area contributed by atoms with Gasteiger partial charge < -0.3 is 9.72 Å². The highest BCUT2D eigenvalue weighted by molar-refractivity contribution is 9.10. The largest absolute Gasteiger partial charge is 0.497 e.